The minimum absolute atomic E-state index is 0.161. The van der Waals surface area contributed by atoms with Crippen molar-refractivity contribution in [3.05, 3.63) is 0 Å². The molecule has 2 bridgehead atoms. The summed E-state index contributed by atoms with van der Waals surface area (Å²) in [5.74, 6) is 3.27. The Hall–Kier alpha value is -0.570. The molecule has 1 saturated heterocycles. The number of aliphatic carboxylic acids is 1. The molecular formula is C16H25NO2. The lowest BCUT2D eigenvalue weighted by Gasteiger charge is -2.30. The average Bonchev–Trinajstić information content (AvgIpc) is 3.05. The van der Waals surface area contributed by atoms with Gasteiger partial charge in [0.2, 0.25) is 0 Å². The summed E-state index contributed by atoms with van der Waals surface area (Å²) in [5, 5.41) is 9.59. The molecule has 3 aliphatic carbocycles. The Bertz CT molecular complexity index is 383. The van der Waals surface area contributed by atoms with E-state index >= 15 is 0 Å². The Morgan fingerprint density at radius 2 is 2.00 bits per heavy atom. The number of nitrogens with zero attached hydrogens (tertiary/aromatic N) is 1. The normalized spacial score (nSPS) is 48.8. The van der Waals surface area contributed by atoms with Crippen molar-refractivity contribution in [2.75, 3.05) is 13.1 Å². The molecule has 0 amide bonds. The minimum atomic E-state index is -0.558. The van der Waals surface area contributed by atoms with E-state index < -0.39 is 5.97 Å². The molecule has 3 heteroatoms. The largest absolute Gasteiger partial charge is 0.480 e. The molecule has 4 aliphatic rings. The molecule has 1 N–H and O–H groups in total. The molecule has 0 aromatic rings. The summed E-state index contributed by atoms with van der Waals surface area (Å²) in [6.45, 7) is 2.14. The van der Waals surface area contributed by atoms with Crippen LogP contribution in [0.1, 0.15) is 44.9 Å². The molecule has 0 radical (unpaired) electrons. The number of hydrogen-bond donors (Lipinski definition) is 1. The second-order valence-corrected chi connectivity index (χ2v) is 7.53. The highest BCUT2D eigenvalue weighted by Gasteiger charge is 2.49. The van der Waals surface area contributed by atoms with Gasteiger partial charge in [0, 0.05) is 13.1 Å². The topological polar surface area (TPSA) is 40.5 Å². The maximum Gasteiger partial charge on any atom is 0.321 e. The summed E-state index contributed by atoms with van der Waals surface area (Å²) < 4.78 is 0. The summed E-state index contributed by atoms with van der Waals surface area (Å²) in [5.41, 5.74) is 0. The Balaban J connectivity index is 1.46. The lowest BCUT2D eigenvalue weighted by atomic mass is 9.88. The van der Waals surface area contributed by atoms with Crippen molar-refractivity contribution in [1.29, 1.82) is 0 Å². The highest BCUT2D eigenvalue weighted by Crippen LogP contribution is 2.50. The first-order valence-corrected chi connectivity index (χ1v) is 8.19. The predicted octanol–water partition coefficient (Wildman–Crippen LogP) is 2.61. The minimum Gasteiger partial charge on any atom is -0.480 e. The van der Waals surface area contributed by atoms with Gasteiger partial charge in [0.25, 0.3) is 0 Å². The van der Waals surface area contributed by atoms with Crippen molar-refractivity contribution in [3.8, 4) is 0 Å². The number of carbonyl (C=O) groups is 1. The van der Waals surface area contributed by atoms with Crippen LogP contribution in [0.2, 0.25) is 0 Å². The van der Waals surface area contributed by atoms with Crippen LogP contribution in [-0.2, 0) is 4.79 Å². The molecule has 0 spiro atoms. The van der Waals surface area contributed by atoms with Gasteiger partial charge in [-0.2, -0.15) is 0 Å². The molecule has 3 saturated carbocycles. The van der Waals surface area contributed by atoms with E-state index in [0.717, 1.165) is 37.3 Å². The molecule has 1 aliphatic heterocycles. The summed E-state index contributed by atoms with van der Waals surface area (Å²) in [4.78, 5) is 14.0. The molecule has 0 aromatic carbocycles. The van der Waals surface area contributed by atoms with E-state index in [4.69, 9.17) is 0 Å². The number of hydrogen-bond acceptors (Lipinski definition) is 2. The summed E-state index contributed by atoms with van der Waals surface area (Å²) in [7, 11) is 0. The van der Waals surface area contributed by atoms with E-state index in [1.165, 1.54) is 38.5 Å². The summed E-state index contributed by atoms with van der Waals surface area (Å²) >= 11 is 0. The number of carboxylic acids is 1. The highest BCUT2D eigenvalue weighted by molar-refractivity contribution is 5.74. The van der Waals surface area contributed by atoms with Crippen LogP contribution >= 0.6 is 0 Å². The smallest absolute Gasteiger partial charge is 0.321 e. The fraction of sp³-hybridized carbons (Fsp3) is 0.938. The Morgan fingerprint density at radius 3 is 2.68 bits per heavy atom. The molecule has 6 unspecified atom stereocenters. The number of rotatable bonds is 3. The number of carboxylic acid groups (broad SMARTS) is 1. The third kappa shape index (κ3) is 1.93. The molecule has 3 nitrogen and oxygen atoms in total. The predicted molar refractivity (Wildman–Crippen MR) is 72.8 cm³/mol. The van der Waals surface area contributed by atoms with Crippen LogP contribution in [0.3, 0.4) is 0 Å². The zero-order valence-electron chi connectivity index (χ0n) is 11.6. The first-order valence-electron chi connectivity index (χ1n) is 8.19. The fourth-order valence-corrected chi connectivity index (χ4v) is 5.82. The number of likely N-dealkylation sites (tertiary alicyclic amines) is 1. The van der Waals surface area contributed by atoms with Gasteiger partial charge in [-0.25, -0.2) is 0 Å². The summed E-state index contributed by atoms with van der Waals surface area (Å²) in [6, 6.07) is -0.161. The van der Waals surface area contributed by atoms with Crippen LogP contribution in [0.4, 0.5) is 0 Å². The van der Waals surface area contributed by atoms with Crippen molar-refractivity contribution in [2.24, 2.45) is 29.6 Å². The van der Waals surface area contributed by atoms with Crippen molar-refractivity contribution in [2.45, 2.75) is 51.0 Å². The van der Waals surface area contributed by atoms with Crippen LogP contribution < -0.4 is 0 Å². The highest BCUT2D eigenvalue weighted by atomic mass is 16.4. The van der Waals surface area contributed by atoms with Gasteiger partial charge < -0.3 is 5.11 Å². The van der Waals surface area contributed by atoms with Crippen molar-refractivity contribution >= 4 is 5.97 Å². The molecule has 106 valence electrons. The van der Waals surface area contributed by atoms with Crippen LogP contribution in [0.25, 0.3) is 0 Å². The molecule has 0 aromatic heterocycles. The molecule has 4 rings (SSSR count). The Kier molecular flexibility index (Phi) is 2.87. The summed E-state index contributed by atoms with van der Waals surface area (Å²) in [6.07, 6.45) is 9.33. The second kappa shape index (κ2) is 4.47. The van der Waals surface area contributed by atoms with Crippen molar-refractivity contribution < 1.29 is 9.90 Å². The third-order valence-electron chi connectivity index (χ3n) is 6.59. The van der Waals surface area contributed by atoms with E-state index in [0.29, 0.717) is 11.8 Å². The van der Waals surface area contributed by atoms with Crippen LogP contribution in [0.15, 0.2) is 0 Å². The van der Waals surface area contributed by atoms with E-state index in [9.17, 15) is 9.90 Å². The van der Waals surface area contributed by atoms with Gasteiger partial charge in [-0.3, -0.25) is 9.69 Å². The lowest BCUT2D eigenvalue weighted by molar-refractivity contribution is -0.143. The van der Waals surface area contributed by atoms with Crippen LogP contribution in [0, 0.1) is 29.6 Å². The van der Waals surface area contributed by atoms with E-state index in [-0.39, 0.29) is 6.04 Å². The zero-order chi connectivity index (χ0) is 13.0. The first-order chi connectivity index (χ1) is 9.22. The van der Waals surface area contributed by atoms with Crippen molar-refractivity contribution in [1.82, 2.24) is 4.90 Å². The van der Waals surface area contributed by atoms with Crippen LogP contribution in [-0.4, -0.2) is 35.1 Å². The lowest BCUT2D eigenvalue weighted by Crippen LogP contribution is -2.42. The van der Waals surface area contributed by atoms with Gasteiger partial charge in [0.1, 0.15) is 6.04 Å². The molecule has 1 heterocycles. The van der Waals surface area contributed by atoms with Crippen molar-refractivity contribution in [3.63, 3.8) is 0 Å². The molecule has 6 atom stereocenters. The second-order valence-electron chi connectivity index (χ2n) is 7.53. The van der Waals surface area contributed by atoms with Gasteiger partial charge in [0.05, 0.1) is 0 Å². The maximum absolute atomic E-state index is 11.6. The van der Waals surface area contributed by atoms with Gasteiger partial charge >= 0.3 is 5.97 Å². The Labute approximate surface area is 115 Å². The SMILES string of the molecule is O=C(O)C1C2CCCC2CN1CC1CC2CCC1C2. The van der Waals surface area contributed by atoms with E-state index in [1.54, 1.807) is 0 Å². The van der Waals surface area contributed by atoms with E-state index in [2.05, 4.69) is 4.90 Å². The molecule has 4 fully saturated rings. The standard InChI is InChI=1S/C16H25NO2/c18-16(19)15-14-3-1-2-12(14)8-17(15)9-13-7-10-4-5-11(13)6-10/h10-15H,1-9H2,(H,18,19). The van der Waals surface area contributed by atoms with Gasteiger partial charge in [-0.1, -0.05) is 12.8 Å². The van der Waals surface area contributed by atoms with Gasteiger partial charge in [-0.15, -0.1) is 0 Å². The van der Waals surface area contributed by atoms with Gasteiger partial charge in [0.15, 0.2) is 0 Å². The monoisotopic (exact) mass is 263 g/mol. The fourth-order valence-electron chi connectivity index (χ4n) is 5.82. The van der Waals surface area contributed by atoms with E-state index in [1.807, 2.05) is 0 Å². The zero-order valence-corrected chi connectivity index (χ0v) is 11.6. The third-order valence-corrected chi connectivity index (χ3v) is 6.59. The van der Waals surface area contributed by atoms with Gasteiger partial charge in [-0.05, 0) is 61.7 Å². The quantitative estimate of drug-likeness (QED) is 0.851. The molecular weight excluding hydrogens is 238 g/mol. The Morgan fingerprint density at radius 1 is 1.11 bits per heavy atom. The average molecular weight is 263 g/mol. The molecule has 19 heavy (non-hydrogen) atoms. The first kappa shape index (κ1) is 12.2. The maximum atomic E-state index is 11.6. The van der Waals surface area contributed by atoms with Crippen LogP contribution in [0.5, 0.6) is 0 Å². The number of fused-ring (bicyclic) bond motifs is 3.